The largest absolute Gasteiger partial charge is 0.393 e. The smallest absolute Gasteiger partial charge is 0.244 e. The van der Waals surface area contributed by atoms with Crippen molar-refractivity contribution in [2.75, 3.05) is 13.1 Å². The van der Waals surface area contributed by atoms with Crippen molar-refractivity contribution in [1.29, 1.82) is 0 Å². The third-order valence-electron chi connectivity index (χ3n) is 3.32. The second kappa shape index (κ2) is 5.28. The first-order valence-corrected chi connectivity index (χ1v) is 8.09. The summed E-state index contributed by atoms with van der Waals surface area (Å²) >= 11 is 3.27. The van der Waals surface area contributed by atoms with Crippen LogP contribution in [0.3, 0.4) is 0 Å². The van der Waals surface area contributed by atoms with E-state index in [0.717, 1.165) is 0 Å². The van der Waals surface area contributed by atoms with Gasteiger partial charge in [0.2, 0.25) is 10.0 Å². The molecule has 1 heterocycles. The summed E-state index contributed by atoms with van der Waals surface area (Å²) in [6.07, 6.45) is 0.242. The van der Waals surface area contributed by atoms with Gasteiger partial charge in [0.15, 0.2) is 0 Å². The van der Waals surface area contributed by atoms with Crippen LogP contribution >= 0.6 is 15.9 Å². The van der Waals surface area contributed by atoms with Gasteiger partial charge in [0.25, 0.3) is 0 Å². The highest BCUT2D eigenvalue weighted by atomic mass is 79.9. The molecule has 2 unspecified atom stereocenters. The van der Waals surface area contributed by atoms with Crippen LogP contribution in [-0.4, -0.2) is 37.0 Å². The van der Waals surface area contributed by atoms with E-state index in [1.807, 2.05) is 0 Å². The van der Waals surface area contributed by atoms with Crippen molar-refractivity contribution in [1.82, 2.24) is 4.31 Å². The van der Waals surface area contributed by atoms with Gasteiger partial charge in [0.05, 0.1) is 11.0 Å². The highest BCUT2D eigenvalue weighted by molar-refractivity contribution is 9.10. The van der Waals surface area contributed by atoms with Gasteiger partial charge in [0, 0.05) is 17.6 Å². The Hall–Kier alpha value is -0.430. The third kappa shape index (κ3) is 2.61. The SMILES string of the molecule is CC(O)C1CCN(S(=O)(=O)c2ccccc2Br)C1. The van der Waals surface area contributed by atoms with Crippen LogP contribution in [0.5, 0.6) is 0 Å². The number of hydrogen-bond donors (Lipinski definition) is 1. The van der Waals surface area contributed by atoms with Gasteiger partial charge in [-0.2, -0.15) is 4.31 Å². The molecule has 0 bridgehead atoms. The number of aliphatic hydroxyl groups is 1. The Morgan fingerprint density at radius 1 is 1.44 bits per heavy atom. The lowest BCUT2D eigenvalue weighted by molar-refractivity contribution is 0.133. The van der Waals surface area contributed by atoms with Gasteiger partial charge >= 0.3 is 0 Å². The van der Waals surface area contributed by atoms with Crippen LogP contribution in [0.25, 0.3) is 0 Å². The van der Waals surface area contributed by atoms with Crippen LogP contribution in [0.4, 0.5) is 0 Å². The minimum absolute atomic E-state index is 0.0299. The Morgan fingerprint density at radius 2 is 2.11 bits per heavy atom. The van der Waals surface area contributed by atoms with Gasteiger partial charge in [-0.05, 0) is 47.3 Å². The van der Waals surface area contributed by atoms with E-state index in [0.29, 0.717) is 24.0 Å². The summed E-state index contributed by atoms with van der Waals surface area (Å²) in [6.45, 7) is 2.57. The highest BCUT2D eigenvalue weighted by Crippen LogP contribution is 2.29. The highest BCUT2D eigenvalue weighted by Gasteiger charge is 2.35. The van der Waals surface area contributed by atoms with Crippen molar-refractivity contribution in [3.05, 3.63) is 28.7 Å². The lowest BCUT2D eigenvalue weighted by Gasteiger charge is -2.18. The number of nitrogens with zero attached hydrogens (tertiary/aromatic N) is 1. The molecule has 1 aliphatic rings. The molecule has 0 spiro atoms. The Bertz CT molecular complexity index is 530. The molecule has 1 aromatic rings. The molecule has 2 rings (SSSR count). The molecule has 6 heteroatoms. The Kier molecular flexibility index (Phi) is 4.11. The predicted molar refractivity (Wildman–Crippen MR) is 72.7 cm³/mol. The molecule has 2 atom stereocenters. The lowest BCUT2D eigenvalue weighted by Crippen LogP contribution is -2.30. The topological polar surface area (TPSA) is 57.6 Å². The minimum atomic E-state index is -3.46. The molecular formula is C12H16BrNO3S. The summed E-state index contributed by atoms with van der Waals surface area (Å²) in [6, 6.07) is 6.80. The fraction of sp³-hybridized carbons (Fsp3) is 0.500. The molecule has 4 nitrogen and oxygen atoms in total. The van der Waals surface area contributed by atoms with Crippen molar-refractivity contribution >= 4 is 26.0 Å². The summed E-state index contributed by atoms with van der Waals surface area (Å²) < 4.78 is 26.9. The van der Waals surface area contributed by atoms with Crippen LogP contribution in [0, 0.1) is 5.92 Å². The normalized spacial score (nSPS) is 23.2. The van der Waals surface area contributed by atoms with Gasteiger partial charge in [0.1, 0.15) is 0 Å². The molecule has 1 aromatic carbocycles. The monoisotopic (exact) mass is 333 g/mol. The summed E-state index contributed by atoms with van der Waals surface area (Å²) in [7, 11) is -3.46. The number of halogens is 1. The first-order valence-electron chi connectivity index (χ1n) is 5.85. The van der Waals surface area contributed by atoms with Gasteiger partial charge < -0.3 is 5.11 Å². The van der Waals surface area contributed by atoms with Crippen LogP contribution < -0.4 is 0 Å². The van der Waals surface area contributed by atoms with Crippen LogP contribution in [0.1, 0.15) is 13.3 Å². The molecule has 18 heavy (non-hydrogen) atoms. The van der Waals surface area contributed by atoms with E-state index in [9.17, 15) is 13.5 Å². The molecule has 1 N–H and O–H groups in total. The molecule has 100 valence electrons. The number of sulfonamides is 1. The molecule has 1 aliphatic heterocycles. The zero-order valence-corrected chi connectivity index (χ0v) is 12.5. The maximum Gasteiger partial charge on any atom is 0.244 e. The number of benzene rings is 1. The maximum absolute atomic E-state index is 12.4. The Balaban J connectivity index is 2.26. The molecule has 0 aromatic heterocycles. The summed E-state index contributed by atoms with van der Waals surface area (Å²) in [5.74, 6) is 0.0299. The van der Waals surface area contributed by atoms with Crippen LogP contribution in [-0.2, 0) is 10.0 Å². The second-order valence-electron chi connectivity index (χ2n) is 4.58. The van der Waals surface area contributed by atoms with E-state index >= 15 is 0 Å². The number of rotatable bonds is 3. The third-order valence-corrected chi connectivity index (χ3v) is 6.20. The quantitative estimate of drug-likeness (QED) is 0.918. The second-order valence-corrected chi connectivity index (χ2v) is 7.34. The first-order chi connectivity index (χ1) is 8.43. The standard InChI is InChI=1S/C12H16BrNO3S/c1-9(15)10-6-7-14(8-10)18(16,17)12-5-3-2-4-11(12)13/h2-5,9-10,15H,6-8H2,1H3. The Morgan fingerprint density at radius 3 is 2.67 bits per heavy atom. The van der Waals surface area contributed by atoms with Crippen molar-refractivity contribution in [2.45, 2.75) is 24.3 Å². The van der Waals surface area contributed by atoms with E-state index in [1.54, 1.807) is 31.2 Å². The van der Waals surface area contributed by atoms with Crippen LogP contribution in [0.15, 0.2) is 33.6 Å². The average molecular weight is 334 g/mol. The zero-order valence-electron chi connectivity index (χ0n) is 10.1. The average Bonchev–Trinajstić information content (AvgIpc) is 2.79. The van der Waals surface area contributed by atoms with Crippen LogP contribution in [0.2, 0.25) is 0 Å². The van der Waals surface area contributed by atoms with E-state index in [-0.39, 0.29) is 10.8 Å². The molecule has 1 saturated heterocycles. The molecule has 0 amide bonds. The van der Waals surface area contributed by atoms with Gasteiger partial charge in [-0.3, -0.25) is 0 Å². The van der Waals surface area contributed by atoms with Crippen molar-refractivity contribution in [3.8, 4) is 0 Å². The molecule has 1 fully saturated rings. The van der Waals surface area contributed by atoms with Crippen molar-refractivity contribution in [2.24, 2.45) is 5.92 Å². The summed E-state index contributed by atoms with van der Waals surface area (Å²) in [5.41, 5.74) is 0. The van der Waals surface area contributed by atoms with Gasteiger partial charge in [-0.15, -0.1) is 0 Å². The van der Waals surface area contributed by atoms with Crippen molar-refractivity contribution < 1.29 is 13.5 Å². The maximum atomic E-state index is 12.4. The minimum Gasteiger partial charge on any atom is -0.393 e. The molecule has 0 saturated carbocycles. The van der Waals surface area contributed by atoms with E-state index in [2.05, 4.69) is 15.9 Å². The molecular weight excluding hydrogens is 318 g/mol. The number of hydrogen-bond acceptors (Lipinski definition) is 3. The predicted octanol–water partition coefficient (Wildman–Crippen LogP) is 1.84. The van der Waals surface area contributed by atoms with E-state index in [4.69, 9.17) is 0 Å². The fourth-order valence-corrected chi connectivity index (χ4v) is 4.63. The fourth-order valence-electron chi connectivity index (χ4n) is 2.16. The summed E-state index contributed by atoms with van der Waals surface area (Å²) in [5, 5.41) is 9.53. The molecule has 0 aliphatic carbocycles. The van der Waals surface area contributed by atoms with Crippen molar-refractivity contribution in [3.63, 3.8) is 0 Å². The number of aliphatic hydroxyl groups excluding tert-OH is 1. The zero-order chi connectivity index (χ0) is 13.3. The van der Waals surface area contributed by atoms with Gasteiger partial charge in [-0.1, -0.05) is 12.1 Å². The Labute approximate surface area is 116 Å². The first kappa shape index (κ1) is 14.0. The summed E-state index contributed by atoms with van der Waals surface area (Å²) in [4.78, 5) is 0.288. The lowest BCUT2D eigenvalue weighted by atomic mass is 10.0. The van der Waals surface area contributed by atoms with Gasteiger partial charge in [-0.25, -0.2) is 8.42 Å². The van der Waals surface area contributed by atoms with E-state index in [1.165, 1.54) is 4.31 Å². The molecule has 0 radical (unpaired) electrons. The van der Waals surface area contributed by atoms with E-state index < -0.39 is 16.1 Å².